The Bertz CT molecular complexity index is 529. The van der Waals surface area contributed by atoms with E-state index in [1.165, 1.54) is 0 Å². The number of furan rings is 1. The van der Waals surface area contributed by atoms with Gasteiger partial charge in [-0.1, -0.05) is 15.9 Å². The van der Waals surface area contributed by atoms with Crippen LogP contribution in [-0.2, 0) is 4.74 Å². The average molecular weight is 296 g/mol. The Morgan fingerprint density at radius 1 is 1.35 bits per heavy atom. The first-order chi connectivity index (χ1) is 8.22. The van der Waals surface area contributed by atoms with E-state index in [0.717, 1.165) is 34.4 Å². The quantitative estimate of drug-likeness (QED) is 0.877. The lowest BCUT2D eigenvalue weighted by atomic mass is 10.2. The first-order valence-corrected chi connectivity index (χ1v) is 6.55. The molecule has 2 atom stereocenters. The van der Waals surface area contributed by atoms with Gasteiger partial charge in [-0.05, 0) is 31.2 Å². The number of nitrogens with one attached hydrogen (secondary N) is 1. The van der Waals surface area contributed by atoms with Crippen molar-refractivity contribution in [3.8, 4) is 0 Å². The molecule has 17 heavy (non-hydrogen) atoms. The fraction of sp³-hybridized carbons (Fsp3) is 0.385. The Morgan fingerprint density at radius 3 is 3.00 bits per heavy atom. The van der Waals surface area contributed by atoms with Crippen molar-refractivity contribution in [2.45, 2.75) is 19.1 Å². The molecule has 1 aliphatic rings. The molecule has 0 radical (unpaired) electrons. The van der Waals surface area contributed by atoms with Crippen LogP contribution in [-0.4, -0.2) is 19.2 Å². The van der Waals surface area contributed by atoms with Gasteiger partial charge in [-0.3, -0.25) is 0 Å². The lowest BCUT2D eigenvalue weighted by Gasteiger charge is -2.26. The topological polar surface area (TPSA) is 34.4 Å². The molecular weight excluding hydrogens is 282 g/mol. The highest BCUT2D eigenvalue weighted by atomic mass is 79.9. The third-order valence-corrected chi connectivity index (χ3v) is 3.51. The lowest BCUT2D eigenvalue weighted by Crippen LogP contribution is -2.40. The predicted octanol–water partition coefficient (Wildman–Crippen LogP) is 3.24. The minimum atomic E-state index is 0.0253. The van der Waals surface area contributed by atoms with Crippen molar-refractivity contribution < 1.29 is 9.15 Å². The summed E-state index contributed by atoms with van der Waals surface area (Å²) in [5, 5.41) is 4.50. The summed E-state index contributed by atoms with van der Waals surface area (Å²) in [5.41, 5.74) is 0.908. The third-order valence-electron chi connectivity index (χ3n) is 3.01. The van der Waals surface area contributed by atoms with Crippen molar-refractivity contribution in [2.24, 2.45) is 0 Å². The zero-order chi connectivity index (χ0) is 11.8. The maximum absolute atomic E-state index is 5.81. The highest BCUT2D eigenvalue weighted by Gasteiger charge is 2.22. The molecule has 2 heterocycles. The molecule has 1 aliphatic heterocycles. The van der Waals surface area contributed by atoms with E-state index in [4.69, 9.17) is 9.15 Å². The number of rotatable bonds is 1. The normalized spacial score (nSPS) is 25.3. The number of benzene rings is 1. The van der Waals surface area contributed by atoms with Gasteiger partial charge in [0.1, 0.15) is 17.4 Å². The van der Waals surface area contributed by atoms with E-state index in [1.54, 1.807) is 0 Å². The molecule has 1 N–H and O–H groups in total. The first kappa shape index (κ1) is 11.3. The summed E-state index contributed by atoms with van der Waals surface area (Å²) in [7, 11) is 0. The second kappa shape index (κ2) is 4.44. The molecule has 0 saturated carbocycles. The molecule has 2 aromatic rings. The largest absolute Gasteiger partial charge is 0.458 e. The molecule has 0 aliphatic carbocycles. The van der Waals surface area contributed by atoms with Crippen molar-refractivity contribution in [1.82, 2.24) is 5.32 Å². The minimum Gasteiger partial charge on any atom is -0.458 e. The summed E-state index contributed by atoms with van der Waals surface area (Å²) in [6.45, 7) is 3.65. The van der Waals surface area contributed by atoms with Gasteiger partial charge >= 0.3 is 0 Å². The van der Waals surface area contributed by atoms with Crippen molar-refractivity contribution >= 4 is 26.9 Å². The Labute approximate surface area is 108 Å². The zero-order valence-corrected chi connectivity index (χ0v) is 11.2. The number of ether oxygens (including phenoxy) is 1. The second-order valence-corrected chi connectivity index (χ2v) is 5.38. The molecule has 4 heteroatoms. The van der Waals surface area contributed by atoms with E-state index in [-0.39, 0.29) is 6.10 Å². The van der Waals surface area contributed by atoms with Gasteiger partial charge in [0.25, 0.3) is 0 Å². The van der Waals surface area contributed by atoms with E-state index in [1.807, 2.05) is 12.1 Å². The zero-order valence-electron chi connectivity index (χ0n) is 9.57. The minimum absolute atomic E-state index is 0.0253. The molecule has 3 nitrogen and oxygen atoms in total. The van der Waals surface area contributed by atoms with E-state index in [2.05, 4.69) is 40.3 Å². The van der Waals surface area contributed by atoms with Crippen molar-refractivity contribution in [2.75, 3.05) is 13.2 Å². The summed E-state index contributed by atoms with van der Waals surface area (Å²) >= 11 is 3.46. The van der Waals surface area contributed by atoms with Crippen LogP contribution in [0.1, 0.15) is 18.8 Å². The van der Waals surface area contributed by atoms with Crippen LogP contribution in [0.5, 0.6) is 0 Å². The molecule has 0 bridgehead atoms. The molecule has 1 fully saturated rings. The summed E-state index contributed by atoms with van der Waals surface area (Å²) in [6, 6.07) is 8.49. The number of morpholine rings is 1. The van der Waals surface area contributed by atoms with Crippen LogP contribution >= 0.6 is 15.9 Å². The summed E-state index contributed by atoms with van der Waals surface area (Å²) in [5.74, 6) is 0.900. The van der Waals surface area contributed by atoms with E-state index in [0.29, 0.717) is 6.04 Å². The Balaban J connectivity index is 1.90. The van der Waals surface area contributed by atoms with Gasteiger partial charge in [-0.25, -0.2) is 0 Å². The van der Waals surface area contributed by atoms with E-state index >= 15 is 0 Å². The Kier molecular flexibility index (Phi) is 2.94. The first-order valence-electron chi connectivity index (χ1n) is 5.76. The van der Waals surface area contributed by atoms with Crippen LogP contribution in [0.2, 0.25) is 0 Å². The fourth-order valence-corrected chi connectivity index (χ4v) is 2.44. The molecule has 3 rings (SSSR count). The van der Waals surface area contributed by atoms with Gasteiger partial charge in [-0.15, -0.1) is 0 Å². The van der Waals surface area contributed by atoms with Gasteiger partial charge in [-0.2, -0.15) is 0 Å². The van der Waals surface area contributed by atoms with Gasteiger partial charge in [0, 0.05) is 22.4 Å². The molecule has 1 saturated heterocycles. The Hall–Kier alpha value is -0.840. The van der Waals surface area contributed by atoms with Crippen molar-refractivity contribution in [3.05, 3.63) is 34.5 Å². The van der Waals surface area contributed by atoms with Crippen LogP contribution in [0, 0.1) is 0 Å². The molecule has 1 aromatic heterocycles. The van der Waals surface area contributed by atoms with Crippen LogP contribution in [0.3, 0.4) is 0 Å². The number of hydrogen-bond acceptors (Lipinski definition) is 3. The molecular formula is C13H14BrNO2. The van der Waals surface area contributed by atoms with Crippen LogP contribution in [0.4, 0.5) is 0 Å². The van der Waals surface area contributed by atoms with Gasteiger partial charge in [0.15, 0.2) is 0 Å². The average Bonchev–Trinajstić information content (AvgIpc) is 2.72. The van der Waals surface area contributed by atoms with Gasteiger partial charge in [0.2, 0.25) is 0 Å². The van der Waals surface area contributed by atoms with Crippen LogP contribution < -0.4 is 5.32 Å². The van der Waals surface area contributed by atoms with E-state index in [9.17, 15) is 0 Å². The lowest BCUT2D eigenvalue weighted by molar-refractivity contribution is -0.00420. The van der Waals surface area contributed by atoms with Crippen molar-refractivity contribution in [3.63, 3.8) is 0 Å². The smallest absolute Gasteiger partial charge is 0.135 e. The summed E-state index contributed by atoms with van der Waals surface area (Å²) < 4.78 is 12.6. The molecule has 1 aromatic carbocycles. The summed E-state index contributed by atoms with van der Waals surface area (Å²) in [6.07, 6.45) is 0.0253. The number of fused-ring (bicyclic) bond motifs is 1. The van der Waals surface area contributed by atoms with Gasteiger partial charge in [0.05, 0.1) is 6.61 Å². The second-order valence-electron chi connectivity index (χ2n) is 4.46. The maximum atomic E-state index is 5.81. The fourth-order valence-electron chi connectivity index (χ4n) is 2.06. The predicted molar refractivity (Wildman–Crippen MR) is 70.1 cm³/mol. The third kappa shape index (κ3) is 2.25. The standard InChI is InChI=1S/C13H14BrNO2/c1-8-7-16-13(6-15-8)12-5-9-4-10(14)2-3-11(9)17-12/h2-5,8,13,15H,6-7H2,1H3. The van der Waals surface area contributed by atoms with E-state index < -0.39 is 0 Å². The van der Waals surface area contributed by atoms with Crippen LogP contribution in [0.15, 0.2) is 33.2 Å². The monoisotopic (exact) mass is 295 g/mol. The molecule has 2 unspecified atom stereocenters. The SMILES string of the molecule is CC1COC(c2cc3cc(Br)ccc3o2)CN1. The highest BCUT2D eigenvalue weighted by Crippen LogP contribution is 2.29. The molecule has 0 spiro atoms. The molecule has 90 valence electrons. The van der Waals surface area contributed by atoms with Crippen LogP contribution in [0.25, 0.3) is 11.0 Å². The number of hydrogen-bond donors (Lipinski definition) is 1. The maximum Gasteiger partial charge on any atom is 0.135 e. The molecule has 0 amide bonds. The Morgan fingerprint density at radius 2 is 2.24 bits per heavy atom. The highest BCUT2D eigenvalue weighted by molar-refractivity contribution is 9.10. The van der Waals surface area contributed by atoms with Crippen molar-refractivity contribution in [1.29, 1.82) is 0 Å². The number of halogens is 1. The summed E-state index contributed by atoms with van der Waals surface area (Å²) in [4.78, 5) is 0. The van der Waals surface area contributed by atoms with Gasteiger partial charge < -0.3 is 14.5 Å².